The topological polar surface area (TPSA) is 33.6 Å². The molecule has 0 aliphatic heterocycles. The quantitative estimate of drug-likeness (QED) is 0.815. The van der Waals surface area contributed by atoms with Gasteiger partial charge in [0, 0.05) is 9.75 Å². The van der Waals surface area contributed by atoms with Gasteiger partial charge in [-0.3, -0.25) is 5.10 Å². The van der Waals surface area contributed by atoms with Crippen molar-refractivity contribution in [3.05, 3.63) is 33.0 Å². The normalized spacial score (nSPS) is 10.6. The highest BCUT2D eigenvalue weighted by Gasteiger charge is 2.00. The molecule has 0 aliphatic rings. The van der Waals surface area contributed by atoms with Crippen molar-refractivity contribution >= 4 is 23.6 Å². The predicted octanol–water partition coefficient (Wildman–Crippen LogP) is 2.61. The molecule has 0 bridgehead atoms. The number of thiophene rings is 1. The van der Waals surface area contributed by atoms with Crippen molar-refractivity contribution in [1.29, 1.82) is 0 Å². The van der Waals surface area contributed by atoms with E-state index >= 15 is 0 Å². The van der Waals surface area contributed by atoms with E-state index in [1.165, 1.54) is 9.75 Å². The van der Waals surface area contributed by atoms with Gasteiger partial charge in [0.25, 0.3) is 0 Å². The Kier molecular flexibility index (Phi) is 2.79. The highest BCUT2D eigenvalue weighted by atomic mass is 32.1. The molecular formula is C9H11N3S2. The molecule has 0 aromatic carbocycles. The molecule has 5 heteroatoms. The lowest BCUT2D eigenvalue weighted by molar-refractivity contribution is 0.794. The zero-order chi connectivity index (χ0) is 9.97. The van der Waals surface area contributed by atoms with Crippen LogP contribution in [0.4, 0.5) is 0 Å². The maximum Gasteiger partial charge on any atom is 0.195 e. The smallest absolute Gasteiger partial charge is 0.195 e. The van der Waals surface area contributed by atoms with Crippen LogP contribution in [0.25, 0.3) is 0 Å². The second-order valence-electron chi connectivity index (χ2n) is 3.01. The third kappa shape index (κ3) is 1.93. The van der Waals surface area contributed by atoms with Gasteiger partial charge in [-0.1, -0.05) is 6.92 Å². The Morgan fingerprint density at radius 1 is 1.50 bits per heavy atom. The van der Waals surface area contributed by atoms with Crippen LogP contribution in [0.15, 0.2) is 18.5 Å². The van der Waals surface area contributed by atoms with E-state index in [4.69, 9.17) is 12.2 Å². The van der Waals surface area contributed by atoms with E-state index in [-0.39, 0.29) is 0 Å². The lowest BCUT2D eigenvalue weighted by Crippen LogP contribution is -1.95. The van der Waals surface area contributed by atoms with E-state index in [0.29, 0.717) is 4.77 Å². The van der Waals surface area contributed by atoms with Crippen LogP contribution in [-0.2, 0) is 13.0 Å². The molecule has 0 radical (unpaired) electrons. The molecule has 0 saturated heterocycles. The second-order valence-corrected chi connectivity index (χ2v) is 4.65. The van der Waals surface area contributed by atoms with Gasteiger partial charge in [-0.2, -0.15) is 5.10 Å². The van der Waals surface area contributed by atoms with E-state index < -0.39 is 0 Å². The van der Waals surface area contributed by atoms with Crippen molar-refractivity contribution in [2.75, 3.05) is 0 Å². The Balaban J connectivity index is 2.19. The first kappa shape index (κ1) is 9.61. The Morgan fingerprint density at radius 3 is 2.86 bits per heavy atom. The Labute approximate surface area is 91.4 Å². The summed E-state index contributed by atoms with van der Waals surface area (Å²) in [5.41, 5.74) is 0. The van der Waals surface area contributed by atoms with Gasteiger partial charge in [-0.05, 0) is 30.8 Å². The second kappa shape index (κ2) is 4.06. The largest absolute Gasteiger partial charge is 0.301 e. The van der Waals surface area contributed by atoms with Crippen molar-refractivity contribution in [2.45, 2.75) is 19.9 Å². The summed E-state index contributed by atoms with van der Waals surface area (Å²) in [5.74, 6) is 0. The summed E-state index contributed by atoms with van der Waals surface area (Å²) in [6, 6.07) is 4.32. The summed E-state index contributed by atoms with van der Waals surface area (Å²) in [5, 5.41) is 6.63. The molecule has 0 atom stereocenters. The minimum Gasteiger partial charge on any atom is -0.301 e. The van der Waals surface area contributed by atoms with Gasteiger partial charge in [0.1, 0.15) is 6.33 Å². The fraction of sp³-hybridized carbons (Fsp3) is 0.333. The highest BCUT2D eigenvalue weighted by Crippen LogP contribution is 2.17. The van der Waals surface area contributed by atoms with Gasteiger partial charge >= 0.3 is 0 Å². The van der Waals surface area contributed by atoms with Crippen LogP contribution < -0.4 is 0 Å². The van der Waals surface area contributed by atoms with Gasteiger partial charge < -0.3 is 4.57 Å². The van der Waals surface area contributed by atoms with Gasteiger partial charge in [0.2, 0.25) is 0 Å². The molecule has 1 N–H and O–H groups in total. The molecule has 2 heterocycles. The number of aromatic nitrogens is 3. The molecule has 0 fully saturated rings. The van der Waals surface area contributed by atoms with E-state index in [1.807, 2.05) is 15.9 Å². The first-order valence-corrected chi connectivity index (χ1v) is 5.69. The van der Waals surface area contributed by atoms with Crippen LogP contribution in [0.1, 0.15) is 16.7 Å². The predicted molar refractivity (Wildman–Crippen MR) is 60.2 cm³/mol. The van der Waals surface area contributed by atoms with Crippen LogP contribution in [0.2, 0.25) is 0 Å². The fourth-order valence-electron chi connectivity index (χ4n) is 1.25. The Morgan fingerprint density at radius 2 is 2.29 bits per heavy atom. The number of aryl methyl sites for hydroxylation is 1. The first-order valence-electron chi connectivity index (χ1n) is 4.47. The average molecular weight is 225 g/mol. The number of nitrogens with zero attached hydrogens (tertiary/aromatic N) is 2. The summed E-state index contributed by atoms with van der Waals surface area (Å²) < 4.78 is 2.61. The van der Waals surface area contributed by atoms with E-state index in [9.17, 15) is 0 Å². The summed E-state index contributed by atoms with van der Waals surface area (Å²) in [6.45, 7) is 2.99. The number of H-pyrrole nitrogens is 1. The molecule has 0 amide bonds. The molecule has 0 unspecified atom stereocenters. The number of hydrogen-bond donors (Lipinski definition) is 1. The SMILES string of the molecule is CCc1ccc(Cn2cn[nH]c2=S)s1. The summed E-state index contributed by atoms with van der Waals surface area (Å²) in [6.07, 6.45) is 2.83. The number of nitrogens with one attached hydrogen (secondary N) is 1. The standard InChI is InChI=1S/C9H11N3S2/c1-2-7-3-4-8(14-7)5-12-6-10-11-9(12)13/h3-4,6H,2,5H2,1H3,(H,11,13). The van der Waals surface area contributed by atoms with Gasteiger partial charge in [-0.25, -0.2) is 0 Å². The van der Waals surface area contributed by atoms with E-state index in [2.05, 4.69) is 29.3 Å². The minimum absolute atomic E-state index is 0.677. The third-order valence-electron chi connectivity index (χ3n) is 2.01. The molecule has 0 spiro atoms. The molecule has 0 saturated carbocycles. The lowest BCUT2D eigenvalue weighted by atomic mass is 10.4. The maximum absolute atomic E-state index is 5.07. The van der Waals surface area contributed by atoms with Crippen LogP contribution in [0.5, 0.6) is 0 Å². The summed E-state index contributed by atoms with van der Waals surface area (Å²) >= 11 is 6.90. The van der Waals surface area contributed by atoms with Crippen molar-refractivity contribution < 1.29 is 0 Å². The minimum atomic E-state index is 0.677. The van der Waals surface area contributed by atoms with Crippen molar-refractivity contribution in [1.82, 2.24) is 14.8 Å². The zero-order valence-corrected chi connectivity index (χ0v) is 9.49. The molecule has 2 aromatic rings. The molecule has 2 rings (SSSR count). The van der Waals surface area contributed by atoms with Gasteiger partial charge in [0.15, 0.2) is 4.77 Å². The molecular weight excluding hydrogens is 214 g/mol. The van der Waals surface area contributed by atoms with Crippen molar-refractivity contribution in [3.63, 3.8) is 0 Å². The average Bonchev–Trinajstić information content (AvgIpc) is 2.77. The molecule has 14 heavy (non-hydrogen) atoms. The molecule has 74 valence electrons. The molecule has 3 nitrogen and oxygen atoms in total. The number of hydrogen-bond acceptors (Lipinski definition) is 3. The van der Waals surface area contributed by atoms with Crippen molar-refractivity contribution in [2.24, 2.45) is 0 Å². The summed E-state index contributed by atoms with van der Waals surface area (Å²) in [7, 11) is 0. The first-order chi connectivity index (χ1) is 6.79. The number of aromatic amines is 1. The molecule has 2 aromatic heterocycles. The third-order valence-corrected chi connectivity index (χ3v) is 3.55. The van der Waals surface area contributed by atoms with Crippen LogP contribution in [0, 0.1) is 4.77 Å². The Bertz CT molecular complexity index is 466. The van der Waals surface area contributed by atoms with E-state index in [1.54, 1.807) is 6.33 Å². The van der Waals surface area contributed by atoms with E-state index in [0.717, 1.165) is 13.0 Å². The fourth-order valence-corrected chi connectivity index (χ4v) is 2.37. The monoisotopic (exact) mass is 225 g/mol. The van der Waals surface area contributed by atoms with Crippen LogP contribution >= 0.6 is 23.6 Å². The van der Waals surface area contributed by atoms with Gasteiger partial charge in [-0.15, -0.1) is 11.3 Å². The van der Waals surface area contributed by atoms with Crippen LogP contribution in [-0.4, -0.2) is 14.8 Å². The zero-order valence-electron chi connectivity index (χ0n) is 7.86. The lowest BCUT2D eigenvalue weighted by Gasteiger charge is -1.96. The molecule has 0 aliphatic carbocycles. The summed E-state index contributed by atoms with van der Waals surface area (Å²) in [4.78, 5) is 2.73. The van der Waals surface area contributed by atoms with Gasteiger partial charge in [0.05, 0.1) is 6.54 Å². The highest BCUT2D eigenvalue weighted by molar-refractivity contribution is 7.71. The van der Waals surface area contributed by atoms with Crippen LogP contribution in [0.3, 0.4) is 0 Å². The Hall–Kier alpha value is -0.940. The maximum atomic E-state index is 5.07. The number of rotatable bonds is 3. The van der Waals surface area contributed by atoms with Crippen molar-refractivity contribution in [3.8, 4) is 0 Å².